The van der Waals surface area contributed by atoms with E-state index in [2.05, 4.69) is 33.3 Å². The molecule has 0 radical (unpaired) electrons. The minimum Gasteiger partial charge on any atom is -0.358 e. The van der Waals surface area contributed by atoms with Crippen molar-refractivity contribution in [3.63, 3.8) is 0 Å². The molecule has 0 unspecified atom stereocenters. The zero-order valence-corrected chi connectivity index (χ0v) is 12.2. The molecular formula is C15H18N4S. The van der Waals surface area contributed by atoms with E-state index in [0.717, 1.165) is 5.69 Å². The molecule has 0 bridgehead atoms. The average Bonchev–Trinajstić information content (AvgIpc) is 2.52. The van der Waals surface area contributed by atoms with Crippen LogP contribution in [-0.4, -0.2) is 10.1 Å². The van der Waals surface area contributed by atoms with Gasteiger partial charge in [0.25, 0.3) is 0 Å². The molecule has 0 saturated carbocycles. The van der Waals surface area contributed by atoms with Crippen LogP contribution in [0.4, 0.5) is 0 Å². The fourth-order valence-electron chi connectivity index (χ4n) is 1.70. The van der Waals surface area contributed by atoms with Crippen LogP contribution < -0.4 is 16.2 Å². The van der Waals surface area contributed by atoms with Gasteiger partial charge in [-0.1, -0.05) is 36.4 Å². The Labute approximate surface area is 124 Å². The molecule has 104 valence electrons. The second-order valence-electron chi connectivity index (χ2n) is 4.41. The molecule has 0 saturated heterocycles. The molecule has 3 N–H and O–H groups in total. The molecule has 0 spiro atoms. The van der Waals surface area contributed by atoms with Crippen LogP contribution in [0.2, 0.25) is 0 Å². The largest absolute Gasteiger partial charge is 0.358 e. The third kappa shape index (κ3) is 4.60. The molecule has 2 rings (SSSR count). The molecule has 0 fully saturated rings. The zero-order valence-electron chi connectivity index (χ0n) is 11.3. The van der Waals surface area contributed by atoms with Crippen LogP contribution in [-0.2, 0) is 6.54 Å². The predicted octanol–water partition coefficient (Wildman–Crippen LogP) is 2.31. The number of thiocarbonyl (C=S) groups is 1. The van der Waals surface area contributed by atoms with Crippen molar-refractivity contribution in [3.05, 3.63) is 66.0 Å². The Hall–Kier alpha value is -1.98. The van der Waals surface area contributed by atoms with E-state index in [0.29, 0.717) is 11.7 Å². The van der Waals surface area contributed by atoms with Crippen molar-refractivity contribution in [2.24, 2.45) is 0 Å². The van der Waals surface area contributed by atoms with Gasteiger partial charge in [-0.05, 0) is 36.8 Å². The molecule has 0 aliphatic rings. The van der Waals surface area contributed by atoms with Gasteiger partial charge in [-0.2, -0.15) is 0 Å². The molecule has 1 aromatic carbocycles. The highest BCUT2D eigenvalue weighted by molar-refractivity contribution is 7.80. The SMILES string of the molecule is C[C@H](NNC(=S)NCc1ccccc1)c1ccccn1. The quantitative estimate of drug-likeness (QED) is 0.582. The lowest BCUT2D eigenvalue weighted by Crippen LogP contribution is -2.44. The summed E-state index contributed by atoms with van der Waals surface area (Å²) in [5.41, 5.74) is 8.25. The molecule has 0 aliphatic carbocycles. The van der Waals surface area contributed by atoms with E-state index >= 15 is 0 Å². The molecular weight excluding hydrogens is 268 g/mol. The predicted molar refractivity (Wildman–Crippen MR) is 84.8 cm³/mol. The first kappa shape index (κ1) is 14.4. The minimum atomic E-state index is 0.0766. The number of benzene rings is 1. The number of aromatic nitrogens is 1. The molecule has 1 aromatic heterocycles. The van der Waals surface area contributed by atoms with Crippen LogP contribution in [0.25, 0.3) is 0 Å². The minimum absolute atomic E-state index is 0.0766. The molecule has 0 amide bonds. The summed E-state index contributed by atoms with van der Waals surface area (Å²) in [5.74, 6) is 0. The topological polar surface area (TPSA) is 49.0 Å². The summed E-state index contributed by atoms with van der Waals surface area (Å²) in [6.07, 6.45) is 1.78. The lowest BCUT2D eigenvalue weighted by atomic mass is 10.2. The Kier molecular flexibility index (Phi) is 5.46. The third-order valence-corrected chi connectivity index (χ3v) is 3.08. The van der Waals surface area contributed by atoms with Gasteiger partial charge < -0.3 is 5.32 Å². The normalized spacial score (nSPS) is 11.7. The highest BCUT2D eigenvalue weighted by Crippen LogP contribution is 2.05. The van der Waals surface area contributed by atoms with Crippen molar-refractivity contribution >= 4 is 17.3 Å². The van der Waals surface area contributed by atoms with Crippen molar-refractivity contribution in [1.82, 2.24) is 21.2 Å². The van der Waals surface area contributed by atoms with Crippen molar-refractivity contribution in [1.29, 1.82) is 0 Å². The van der Waals surface area contributed by atoms with Gasteiger partial charge in [-0.3, -0.25) is 10.4 Å². The van der Waals surface area contributed by atoms with E-state index in [9.17, 15) is 0 Å². The molecule has 2 aromatic rings. The molecule has 20 heavy (non-hydrogen) atoms. The monoisotopic (exact) mass is 286 g/mol. The van der Waals surface area contributed by atoms with Crippen molar-refractivity contribution in [3.8, 4) is 0 Å². The Morgan fingerprint density at radius 1 is 1.15 bits per heavy atom. The average molecular weight is 286 g/mol. The summed E-state index contributed by atoms with van der Waals surface area (Å²) in [5, 5.41) is 3.71. The lowest BCUT2D eigenvalue weighted by molar-refractivity contribution is 0.528. The molecule has 0 aliphatic heterocycles. The van der Waals surface area contributed by atoms with Crippen LogP contribution in [0.5, 0.6) is 0 Å². The molecule has 1 heterocycles. The summed E-state index contributed by atoms with van der Waals surface area (Å²) in [7, 11) is 0. The Bertz CT molecular complexity index is 530. The Balaban J connectivity index is 1.73. The molecule has 5 heteroatoms. The van der Waals surface area contributed by atoms with Gasteiger partial charge in [0.15, 0.2) is 5.11 Å². The van der Waals surface area contributed by atoms with Gasteiger partial charge in [0, 0.05) is 12.7 Å². The maximum absolute atomic E-state index is 5.22. The summed E-state index contributed by atoms with van der Waals surface area (Å²) in [4.78, 5) is 4.28. The standard InChI is InChI=1S/C15H18N4S/c1-12(14-9-5-6-10-16-14)18-19-15(20)17-11-13-7-3-2-4-8-13/h2-10,12,18H,11H2,1H3,(H2,17,19,20)/t12-/m0/s1. The van der Waals surface area contributed by atoms with E-state index in [1.54, 1.807) is 6.20 Å². The van der Waals surface area contributed by atoms with Gasteiger partial charge in [-0.15, -0.1) is 0 Å². The first-order valence-corrected chi connectivity index (χ1v) is 6.91. The number of hydrogen-bond acceptors (Lipinski definition) is 3. The first-order valence-electron chi connectivity index (χ1n) is 6.50. The fourth-order valence-corrected chi connectivity index (χ4v) is 1.83. The van der Waals surface area contributed by atoms with Crippen molar-refractivity contribution in [2.75, 3.05) is 0 Å². The van der Waals surface area contributed by atoms with Crippen molar-refractivity contribution < 1.29 is 0 Å². The van der Waals surface area contributed by atoms with Gasteiger partial charge in [0.2, 0.25) is 0 Å². The summed E-state index contributed by atoms with van der Waals surface area (Å²) in [6.45, 7) is 2.72. The number of hydrazine groups is 1. The van der Waals surface area contributed by atoms with E-state index < -0.39 is 0 Å². The second kappa shape index (κ2) is 7.57. The number of rotatable bonds is 5. The lowest BCUT2D eigenvalue weighted by Gasteiger charge is -2.16. The Morgan fingerprint density at radius 2 is 1.90 bits per heavy atom. The highest BCUT2D eigenvalue weighted by Gasteiger charge is 2.05. The van der Waals surface area contributed by atoms with Gasteiger partial charge in [-0.25, -0.2) is 5.43 Å². The maximum atomic E-state index is 5.22. The third-order valence-electron chi connectivity index (χ3n) is 2.83. The van der Waals surface area contributed by atoms with Gasteiger partial charge >= 0.3 is 0 Å². The van der Waals surface area contributed by atoms with E-state index in [4.69, 9.17) is 12.2 Å². The number of nitrogens with one attached hydrogen (secondary N) is 3. The van der Waals surface area contributed by atoms with Crippen LogP contribution in [0.3, 0.4) is 0 Å². The van der Waals surface area contributed by atoms with Crippen LogP contribution in [0.15, 0.2) is 54.7 Å². The Morgan fingerprint density at radius 3 is 2.60 bits per heavy atom. The number of pyridine rings is 1. The number of nitrogens with zero attached hydrogens (tertiary/aromatic N) is 1. The fraction of sp³-hybridized carbons (Fsp3) is 0.200. The van der Waals surface area contributed by atoms with Crippen LogP contribution in [0, 0.1) is 0 Å². The smallest absolute Gasteiger partial charge is 0.181 e. The first-order chi connectivity index (χ1) is 9.75. The van der Waals surface area contributed by atoms with Gasteiger partial charge in [0.1, 0.15) is 0 Å². The van der Waals surface area contributed by atoms with Crippen LogP contribution >= 0.6 is 12.2 Å². The van der Waals surface area contributed by atoms with E-state index in [-0.39, 0.29) is 6.04 Å². The van der Waals surface area contributed by atoms with Gasteiger partial charge in [0.05, 0.1) is 11.7 Å². The summed E-state index contributed by atoms with van der Waals surface area (Å²) in [6, 6.07) is 16.0. The van der Waals surface area contributed by atoms with E-state index in [1.807, 2.05) is 43.3 Å². The zero-order chi connectivity index (χ0) is 14.2. The number of hydrogen-bond donors (Lipinski definition) is 3. The maximum Gasteiger partial charge on any atom is 0.181 e. The molecule has 4 nitrogen and oxygen atoms in total. The summed E-state index contributed by atoms with van der Waals surface area (Å²) >= 11 is 5.22. The van der Waals surface area contributed by atoms with Crippen LogP contribution in [0.1, 0.15) is 24.2 Å². The second-order valence-corrected chi connectivity index (χ2v) is 4.82. The summed E-state index contributed by atoms with van der Waals surface area (Å²) < 4.78 is 0. The molecule has 1 atom stereocenters. The van der Waals surface area contributed by atoms with Crippen molar-refractivity contribution in [2.45, 2.75) is 19.5 Å². The van der Waals surface area contributed by atoms with E-state index in [1.165, 1.54) is 5.56 Å². The highest BCUT2D eigenvalue weighted by atomic mass is 32.1.